The topological polar surface area (TPSA) is 123 Å². The van der Waals surface area contributed by atoms with Gasteiger partial charge in [0.15, 0.2) is 0 Å². The Morgan fingerprint density at radius 2 is 0.650 bits per heavy atom. The molecule has 0 spiro atoms. The molecule has 8 nitrogen and oxygen atoms in total. The first-order valence-electron chi connectivity index (χ1n) is 25.3. The van der Waals surface area contributed by atoms with E-state index in [2.05, 4.69) is 34.3 Å². The van der Waals surface area contributed by atoms with Gasteiger partial charge < -0.3 is 42.1 Å². The van der Waals surface area contributed by atoms with Gasteiger partial charge in [-0.15, -0.1) is 0 Å². The van der Waals surface area contributed by atoms with Gasteiger partial charge in [-0.1, -0.05) is 179 Å². The Labute approximate surface area is 370 Å². The number of rotatable bonds is 43. The normalized spacial score (nSPS) is 12.8. The molecule has 0 saturated carbocycles. The summed E-state index contributed by atoms with van der Waals surface area (Å²) in [5, 5.41) is 26.9. The molecule has 2 aromatic rings. The highest BCUT2D eigenvalue weighted by Gasteiger charge is 2.16. The first-order chi connectivity index (χ1) is 29.5. The Bertz CT molecular complexity index is 1100. The van der Waals surface area contributed by atoms with Crippen LogP contribution in [0.3, 0.4) is 0 Å². The van der Waals surface area contributed by atoms with Crippen LogP contribution in [0.25, 0.3) is 0 Å². The lowest BCUT2D eigenvalue weighted by atomic mass is 10.0. The van der Waals surface area contributed by atoms with Gasteiger partial charge in [0.05, 0.1) is 0 Å². The van der Waals surface area contributed by atoms with Crippen LogP contribution in [-0.4, -0.2) is 84.5 Å². The molecule has 0 heterocycles. The predicted octanol–water partition coefficient (Wildman–Crippen LogP) is 11.4. The highest BCUT2D eigenvalue weighted by Crippen LogP contribution is 2.16. The summed E-state index contributed by atoms with van der Waals surface area (Å²) in [6.07, 6.45) is 35.3. The van der Waals surface area contributed by atoms with Crippen molar-refractivity contribution in [3.8, 4) is 11.5 Å². The van der Waals surface area contributed by atoms with Gasteiger partial charge in [0.1, 0.15) is 11.5 Å². The summed E-state index contributed by atoms with van der Waals surface area (Å²) in [4.78, 5) is 5.35. The predicted molar refractivity (Wildman–Crippen MR) is 260 cm³/mol. The summed E-state index contributed by atoms with van der Waals surface area (Å²) in [7, 11) is 0. The number of aromatic hydroxyl groups is 2. The van der Waals surface area contributed by atoms with E-state index in [-0.39, 0.29) is 12.1 Å². The largest absolute Gasteiger partial charge is 0.508 e. The number of nitrogens with two attached hydrogens (primary N) is 2. The number of unbranched alkanes of at least 4 members (excludes halogenated alkanes) is 23. The molecule has 0 aromatic heterocycles. The molecule has 2 rings (SSSR count). The van der Waals surface area contributed by atoms with Crippen molar-refractivity contribution >= 4 is 0 Å². The minimum atomic E-state index is 0.225. The van der Waals surface area contributed by atoms with Crippen LogP contribution in [0.1, 0.15) is 192 Å². The van der Waals surface area contributed by atoms with Crippen molar-refractivity contribution < 1.29 is 10.2 Å². The third-order valence-corrected chi connectivity index (χ3v) is 12.4. The van der Waals surface area contributed by atoms with E-state index in [1.807, 2.05) is 24.3 Å². The number of nitrogens with zero attached hydrogens (tertiary/aromatic N) is 2. The monoisotopic (exact) mass is 837 g/mol. The van der Waals surface area contributed by atoms with Crippen molar-refractivity contribution in [1.29, 1.82) is 0 Å². The second-order valence-electron chi connectivity index (χ2n) is 18.0. The van der Waals surface area contributed by atoms with Gasteiger partial charge in [0.25, 0.3) is 0 Å². The summed E-state index contributed by atoms with van der Waals surface area (Å²) in [5.41, 5.74) is 15.0. The van der Waals surface area contributed by atoms with Crippen LogP contribution >= 0.6 is 0 Å². The van der Waals surface area contributed by atoms with E-state index in [4.69, 9.17) is 11.5 Å². The lowest BCUT2D eigenvalue weighted by Gasteiger charge is -2.30. The zero-order chi connectivity index (χ0) is 43.1. The molecule has 0 bridgehead atoms. The molecule has 0 aliphatic carbocycles. The number of nitrogens with one attached hydrogen (secondary N) is 2. The van der Waals surface area contributed by atoms with Gasteiger partial charge in [-0.3, -0.25) is 0 Å². The Kier molecular flexibility index (Phi) is 34.6. The Morgan fingerprint density at radius 1 is 0.400 bits per heavy atom. The molecule has 0 fully saturated rings. The van der Waals surface area contributed by atoms with Gasteiger partial charge in [-0.25, -0.2) is 0 Å². The van der Waals surface area contributed by atoms with Crippen molar-refractivity contribution in [1.82, 2.24) is 20.4 Å². The van der Waals surface area contributed by atoms with Crippen molar-refractivity contribution in [2.75, 3.05) is 52.4 Å². The molecular formula is C52H96N6O2. The van der Waals surface area contributed by atoms with E-state index in [9.17, 15) is 10.2 Å². The number of hydrogen-bond donors (Lipinski definition) is 6. The van der Waals surface area contributed by atoms with Gasteiger partial charge in [0.2, 0.25) is 0 Å². The highest BCUT2D eigenvalue weighted by molar-refractivity contribution is 5.26. The molecule has 8 heteroatoms. The lowest BCUT2D eigenvalue weighted by molar-refractivity contribution is 0.210. The van der Waals surface area contributed by atoms with Crippen molar-refractivity contribution in [3.63, 3.8) is 0 Å². The standard InChI is InChI=1S/C52H96N6O2/c1-3-5-7-9-11-13-15-17-19-21-23-25-37-57(45-49(41-53)55-43-47-29-33-51(59)34-30-47)39-27-28-40-58(38-26-24-22-20-18-16-14-12-10-8-6-4-2)46-50(42-54)56-44-48-31-35-52(60)36-32-48/h29-36,49-50,55-56,59-60H,3-28,37-46,53-54H2,1-2H3. The molecule has 0 radical (unpaired) electrons. The number of hydrogen-bond acceptors (Lipinski definition) is 8. The molecule has 2 atom stereocenters. The third kappa shape index (κ3) is 29.9. The molecule has 0 saturated heterocycles. The van der Waals surface area contributed by atoms with Gasteiger partial charge in [-0.2, -0.15) is 0 Å². The fourth-order valence-corrected chi connectivity index (χ4v) is 8.43. The zero-order valence-electron chi connectivity index (χ0n) is 39.2. The maximum absolute atomic E-state index is 9.73. The second-order valence-corrected chi connectivity index (χ2v) is 18.0. The fourth-order valence-electron chi connectivity index (χ4n) is 8.43. The first-order valence-corrected chi connectivity index (χ1v) is 25.3. The van der Waals surface area contributed by atoms with Crippen LogP contribution in [-0.2, 0) is 13.1 Å². The highest BCUT2D eigenvalue weighted by atomic mass is 16.3. The lowest BCUT2D eigenvalue weighted by Crippen LogP contribution is -2.46. The van der Waals surface area contributed by atoms with E-state index in [0.29, 0.717) is 24.6 Å². The SMILES string of the molecule is CCCCCCCCCCCCCCN(CCCCN(CCCCCCCCCCCCCC)CC(CN)NCc1ccc(O)cc1)CC(CN)NCc1ccc(O)cc1. The minimum absolute atomic E-state index is 0.225. The molecule has 0 amide bonds. The number of phenolic OH excluding ortho intramolecular Hbond substituents is 2. The van der Waals surface area contributed by atoms with Crippen LogP contribution in [0, 0.1) is 0 Å². The Morgan fingerprint density at radius 3 is 0.917 bits per heavy atom. The van der Waals surface area contributed by atoms with E-state index in [1.54, 1.807) is 24.3 Å². The van der Waals surface area contributed by atoms with Crippen molar-refractivity contribution in [2.24, 2.45) is 11.5 Å². The fraction of sp³-hybridized carbons (Fsp3) is 0.769. The maximum atomic E-state index is 9.73. The smallest absolute Gasteiger partial charge is 0.115 e. The summed E-state index contributed by atoms with van der Waals surface area (Å²) in [6, 6.07) is 15.4. The van der Waals surface area contributed by atoms with Crippen molar-refractivity contribution in [3.05, 3.63) is 59.7 Å². The van der Waals surface area contributed by atoms with Crippen LogP contribution < -0.4 is 22.1 Å². The van der Waals surface area contributed by atoms with Crippen LogP contribution in [0.5, 0.6) is 11.5 Å². The maximum Gasteiger partial charge on any atom is 0.115 e. The number of phenols is 2. The van der Waals surface area contributed by atoms with Crippen molar-refractivity contribution in [2.45, 2.75) is 206 Å². The average molecular weight is 837 g/mol. The van der Waals surface area contributed by atoms with E-state index < -0.39 is 0 Å². The van der Waals surface area contributed by atoms with Crippen LogP contribution in [0.15, 0.2) is 48.5 Å². The van der Waals surface area contributed by atoms with E-state index in [0.717, 1.165) is 52.4 Å². The summed E-state index contributed by atoms with van der Waals surface area (Å²) < 4.78 is 0. The summed E-state index contributed by atoms with van der Waals surface area (Å²) in [6.45, 7) is 13.7. The molecule has 60 heavy (non-hydrogen) atoms. The molecular weight excluding hydrogens is 741 g/mol. The minimum Gasteiger partial charge on any atom is -0.508 e. The quantitative estimate of drug-likeness (QED) is 0.0365. The van der Waals surface area contributed by atoms with E-state index in [1.165, 1.54) is 178 Å². The molecule has 346 valence electrons. The summed E-state index contributed by atoms with van der Waals surface area (Å²) >= 11 is 0. The third-order valence-electron chi connectivity index (χ3n) is 12.4. The first kappa shape index (κ1) is 53.9. The molecule has 8 N–H and O–H groups in total. The van der Waals surface area contributed by atoms with E-state index >= 15 is 0 Å². The molecule has 2 aromatic carbocycles. The van der Waals surface area contributed by atoms with Gasteiger partial charge in [0, 0.05) is 51.4 Å². The van der Waals surface area contributed by atoms with Gasteiger partial charge >= 0.3 is 0 Å². The molecule has 0 aliphatic rings. The average Bonchev–Trinajstić information content (AvgIpc) is 3.26. The number of benzene rings is 2. The van der Waals surface area contributed by atoms with Gasteiger partial charge in [-0.05, 0) is 87.3 Å². The molecule has 2 unspecified atom stereocenters. The van der Waals surface area contributed by atoms with Crippen LogP contribution in [0.4, 0.5) is 0 Å². The second kappa shape index (κ2) is 38.5. The Hall–Kier alpha value is -2.20. The Balaban J connectivity index is 1.87. The summed E-state index contributed by atoms with van der Waals surface area (Å²) in [5.74, 6) is 0.610. The zero-order valence-corrected chi connectivity index (χ0v) is 39.2. The molecule has 0 aliphatic heterocycles. The van der Waals surface area contributed by atoms with Crippen LogP contribution in [0.2, 0.25) is 0 Å².